The third-order valence-corrected chi connectivity index (χ3v) is 7.22. The quantitative estimate of drug-likeness (QED) is 0.405. The van der Waals surface area contributed by atoms with Gasteiger partial charge in [0.15, 0.2) is 0 Å². The van der Waals surface area contributed by atoms with Crippen LogP contribution in [0.1, 0.15) is 24.0 Å². The summed E-state index contributed by atoms with van der Waals surface area (Å²) in [4.78, 5) is 41.8. The van der Waals surface area contributed by atoms with Crippen LogP contribution in [-0.4, -0.2) is 47.8 Å². The maximum Gasteiger partial charge on any atom is 0.240 e. The highest BCUT2D eigenvalue weighted by molar-refractivity contribution is 6.40. The van der Waals surface area contributed by atoms with Gasteiger partial charge in [0, 0.05) is 52.9 Å². The average molecular weight is 532 g/mol. The van der Waals surface area contributed by atoms with E-state index in [0.29, 0.717) is 53.8 Å². The predicted molar refractivity (Wildman–Crippen MR) is 146 cm³/mol. The molecule has 1 fully saturated rings. The third-order valence-electron chi connectivity index (χ3n) is 6.89. The van der Waals surface area contributed by atoms with Crippen molar-refractivity contribution in [3.8, 4) is 0 Å². The van der Waals surface area contributed by atoms with E-state index in [-0.39, 0.29) is 0 Å². The van der Waals surface area contributed by atoms with Gasteiger partial charge in [-0.1, -0.05) is 11.6 Å². The lowest BCUT2D eigenvalue weighted by Gasteiger charge is -2.28. The van der Waals surface area contributed by atoms with Crippen molar-refractivity contribution < 1.29 is 14.0 Å². The van der Waals surface area contributed by atoms with E-state index in [1.54, 1.807) is 31.4 Å². The molecule has 0 unspecified atom stereocenters. The lowest BCUT2D eigenvalue weighted by Crippen LogP contribution is -2.35. The van der Waals surface area contributed by atoms with Gasteiger partial charge >= 0.3 is 0 Å². The van der Waals surface area contributed by atoms with E-state index in [4.69, 9.17) is 16.6 Å². The molecule has 0 saturated heterocycles. The molecule has 9 nitrogen and oxygen atoms in total. The number of rotatable bonds is 6. The molecular formula is C27H23ClFN7O2. The lowest BCUT2D eigenvalue weighted by molar-refractivity contribution is -0.131. The second-order valence-corrected chi connectivity index (χ2v) is 9.74. The van der Waals surface area contributed by atoms with Crippen molar-refractivity contribution in [1.82, 2.24) is 9.97 Å². The standard InChI is InChI=1S/C27H23ClFN7O2/c1-30-26-32-14-15-12-20(23-31-10-11-36(23)22(15)35-26)19-13-18(6-7-21(19)28)34-25(38)27(8-9-27)24(37)33-17-4-2-16(29)3-5-17/h2-7,12-14H,8-11H2,1H3,(H,33,37)(H,34,38)(H,30,32,35). The molecule has 2 aromatic carbocycles. The summed E-state index contributed by atoms with van der Waals surface area (Å²) in [7, 11) is 1.77. The van der Waals surface area contributed by atoms with Crippen molar-refractivity contribution in [2.45, 2.75) is 12.8 Å². The number of hydrogen-bond acceptors (Lipinski definition) is 7. The molecule has 11 heteroatoms. The number of nitrogens with one attached hydrogen (secondary N) is 3. The van der Waals surface area contributed by atoms with Crippen molar-refractivity contribution in [3.63, 3.8) is 0 Å². The number of amides is 2. The first-order valence-corrected chi connectivity index (χ1v) is 12.5. The highest BCUT2D eigenvalue weighted by Gasteiger charge is 2.56. The van der Waals surface area contributed by atoms with Crippen LogP contribution < -0.4 is 20.9 Å². The summed E-state index contributed by atoms with van der Waals surface area (Å²) in [6, 6.07) is 10.6. The molecule has 0 radical (unpaired) electrons. The number of hydrogen-bond donors (Lipinski definition) is 3. The van der Waals surface area contributed by atoms with Crippen molar-refractivity contribution in [2.24, 2.45) is 10.4 Å². The number of fused-ring (bicyclic) bond motifs is 3. The fraction of sp³-hybridized carbons (Fsp3) is 0.222. The van der Waals surface area contributed by atoms with E-state index >= 15 is 0 Å². The average Bonchev–Trinajstić information content (AvgIpc) is 3.60. The van der Waals surface area contributed by atoms with Crippen LogP contribution in [0.3, 0.4) is 0 Å². The van der Waals surface area contributed by atoms with E-state index in [1.165, 1.54) is 24.3 Å². The fourth-order valence-corrected chi connectivity index (χ4v) is 4.87. The first-order chi connectivity index (χ1) is 18.4. The van der Waals surface area contributed by atoms with Gasteiger partial charge in [-0.05, 0) is 61.4 Å². The largest absolute Gasteiger partial charge is 0.357 e. The molecule has 3 aromatic rings. The molecule has 0 atom stereocenters. The minimum Gasteiger partial charge on any atom is -0.357 e. The number of carbonyl (C=O) groups is 2. The zero-order valence-electron chi connectivity index (χ0n) is 20.4. The Balaban J connectivity index is 1.27. The van der Waals surface area contributed by atoms with Gasteiger partial charge in [-0.2, -0.15) is 4.98 Å². The molecule has 3 heterocycles. The van der Waals surface area contributed by atoms with Crippen LogP contribution in [-0.2, 0) is 9.59 Å². The molecule has 3 aliphatic rings. The Morgan fingerprint density at radius 3 is 2.47 bits per heavy atom. The van der Waals surface area contributed by atoms with Gasteiger partial charge in [0.1, 0.15) is 22.9 Å². The molecule has 3 N–H and O–H groups in total. The number of halogens is 2. The van der Waals surface area contributed by atoms with Crippen molar-refractivity contribution in [2.75, 3.05) is 41.0 Å². The number of nitrogens with zero attached hydrogens (tertiary/aromatic N) is 4. The lowest BCUT2D eigenvalue weighted by atomic mass is 9.97. The topological polar surface area (TPSA) is 112 Å². The van der Waals surface area contributed by atoms with E-state index < -0.39 is 23.0 Å². The number of aliphatic imine (C=N–C) groups is 1. The first kappa shape index (κ1) is 24.1. The number of anilines is 4. The molecule has 2 aliphatic heterocycles. The molecule has 1 aromatic heterocycles. The maximum absolute atomic E-state index is 13.2. The zero-order valence-corrected chi connectivity index (χ0v) is 21.1. The van der Waals surface area contributed by atoms with Crippen LogP contribution in [0.4, 0.5) is 27.5 Å². The summed E-state index contributed by atoms with van der Waals surface area (Å²) < 4.78 is 13.2. The van der Waals surface area contributed by atoms with Crippen LogP contribution in [0.25, 0.3) is 11.6 Å². The second-order valence-electron chi connectivity index (χ2n) is 9.33. The first-order valence-electron chi connectivity index (χ1n) is 12.2. The van der Waals surface area contributed by atoms with E-state index in [9.17, 15) is 14.0 Å². The number of aromatic nitrogens is 2. The monoisotopic (exact) mass is 531 g/mol. The van der Waals surface area contributed by atoms with Crippen LogP contribution in [0, 0.1) is 11.2 Å². The number of amidine groups is 1. The van der Waals surface area contributed by atoms with Gasteiger partial charge in [-0.3, -0.25) is 14.6 Å². The Morgan fingerprint density at radius 1 is 1.05 bits per heavy atom. The van der Waals surface area contributed by atoms with Crippen LogP contribution in [0.15, 0.2) is 53.7 Å². The normalized spacial score (nSPS) is 16.6. The molecular weight excluding hydrogens is 509 g/mol. The molecule has 1 saturated carbocycles. The predicted octanol–water partition coefficient (Wildman–Crippen LogP) is 4.44. The van der Waals surface area contributed by atoms with Crippen molar-refractivity contribution in [1.29, 1.82) is 0 Å². The minimum atomic E-state index is -1.17. The number of benzene rings is 2. The van der Waals surface area contributed by atoms with E-state index in [0.717, 1.165) is 22.8 Å². The van der Waals surface area contributed by atoms with Crippen LogP contribution in [0.5, 0.6) is 0 Å². The summed E-state index contributed by atoms with van der Waals surface area (Å²) in [6.45, 7) is 1.30. The second kappa shape index (κ2) is 9.21. The highest BCUT2D eigenvalue weighted by Crippen LogP contribution is 2.48. The van der Waals surface area contributed by atoms with Gasteiger partial charge in [0.05, 0.1) is 6.54 Å². The Kier molecular flexibility index (Phi) is 5.83. The summed E-state index contributed by atoms with van der Waals surface area (Å²) >= 11 is 6.63. The molecule has 0 spiro atoms. The summed E-state index contributed by atoms with van der Waals surface area (Å²) in [5.74, 6) is 0.820. The van der Waals surface area contributed by atoms with Crippen LogP contribution in [0.2, 0.25) is 5.02 Å². The van der Waals surface area contributed by atoms with Gasteiger partial charge in [-0.25, -0.2) is 9.37 Å². The van der Waals surface area contributed by atoms with E-state index in [1.807, 2.05) is 11.0 Å². The Morgan fingerprint density at radius 2 is 1.76 bits per heavy atom. The third kappa shape index (κ3) is 4.16. The molecule has 1 aliphatic carbocycles. The smallest absolute Gasteiger partial charge is 0.240 e. The Labute approximate surface area is 222 Å². The molecule has 2 amide bonds. The molecule has 0 bridgehead atoms. The zero-order chi connectivity index (χ0) is 26.4. The molecule has 6 rings (SSSR count). The minimum absolute atomic E-state index is 0.402. The van der Waals surface area contributed by atoms with Crippen LogP contribution >= 0.6 is 11.6 Å². The van der Waals surface area contributed by atoms with E-state index in [2.05, 4.69) is 25.9 Å². The summed E-state index contributed by atoms with van der Waals surface area (Å²) in [6.07, 6.45) is 4.55. The maximum atomic E-state index is 13.2. The molecule has 192 valence electrons. The van der Waals surface area contributed by atoms with Gasteiger partial charge in [0.25, 0.3) is 0 Å². The van der Waals surface area contributed by atoms with Crippen molar-refractivity contribution in [3.05, 3.63) is 70.6 Å². The van der Waals surface area contributed by atoms with Crippen molar-refractivity contribution >= 4 is 64.0 Å². The van der Waals surface area contributed by atoms with Gasteiger partial charge < -0.3 is 20.9 Å². The fourth-order valence-electron chi connectivity index (χ4n) is 4.65. The summed E-state index contributed by atoms with van der Waals surface area (Å²) in [5, 5.41) is 9.07. The molecule has 38 heavy (non-hydrogen) atoms. The SMILES string of the molecule is CNc1ncc2c(n1)N1CCN=C1C(c1cc(NC(=O)C3(C(=O)Nc4ccc(F)cc4)CC3)ccc1Cl)=C2. The van der Waals surface area contributed by atoms with Gasteiger partial charge in [0.2, 0.25) is 17.8 Å². The Hall–Kier alpha value is -4.31. The Bertz CT molecular complexity index is 1530. The van der Waals surface area contributed by atoms with Gasteiger partial charge in [-0.15, -0.1) is 0 Å². The highest BCUT2D eigenvalue weighted by atomic mass is 35.5. The summed E-state index contributed by atoms with van der Waals surface area (Å²) in [5.41, 5.74) is 2.09. The number of carbonyl (C=O) groups excluding carboxylic acids is 2.